The van der Waals surface area contributed by atoms with Gasteiger partial charge in [-0.15, -0.1) is 0 Å². The summed E-state index contributed by atoms with van der Waals surface area (Å²) in [6, 6.07) is -1.14. The lowest BCUT2D eigenvalue weighted by Crippen LogP contribution is -2.59. The van der Waals surface area contributed by atoms with Gasteiger partial charge in [0.2, 0.25) is 5.79 Å². The van der Waals surface area contributed by atoms with Crippen LogP contribution in [0.4, 0.5) is 0 Å². The van der Waals surface area contributed by atoms with Crippen LogP contribution in [0.1, 0.15) is 119 Å². The zero-order chi connectivity index (χ0) is 46.8. The Morgan fingerprint density at radius 1 is 0.857 bits per heavy atom. The van der Waals surface area contributed by atoms with Crippen LogP contribution in [0.15, 0.2) is 47.6 Å². The summed E-state index contributed by atoms with van der Waals surface area (Å²) in [5, 5.41) is 44.3. The number of allylic oxidation sites excluding steroid dienone is 6. The van der Waals surface area contributed by atoms with Crippen molar-refractivity contribution < 1.29 is 63.3 Å². The number of carbonyl (C=O) groups excluding carboxylic acids is 5. The SMILES string of the molecule is COC1CC2CCC(C)C(O)(O2)C(=O)C(=O)N2CCCC2C(=O)OC(C(C)CC2CCC(O)C(OC)C2)CC(=O)C(C)/C=C(\C)C(O)C(O)C(=O)C(C)CC(C)/C=C/C=C/C=C/1C. The number of hydrogen-bond donors (Lipinski definition) is 4. The number of methoxy groups -OCH3 is 2. The summed E-state index contributed by atoms with van der Waals surface area (Å²) in [4.78, 5) is 70.7. The monoisotopic (exact) mass is 886 g/mol. The highest BCUT2D eigenvalue weighted by atomic mass is 16.6. The van der Waals surface area contributed by atoms with Crippen molar-refractivity contribution in [3.05, 3.63) is 47.6 Å². The summed E-state index contributed by atoms with van der Waals surface area (Å²) in [7, 11) is 3.12. The lowest BCUT2D eigenvalue weighted by Gasteiger charge is -2.41. The molecule has 2 saturated heterocycles. The molecule has 0 aromatic carbocycles. The average Bonchev–Trinajstić information content (AvgIpc) is 3.75. The third kappa shape index (κ3) is 13.6. The number of rotatable bonds is 5. The number of hydrogen-bond acceptors (Lipinski definition) is 13. The lowest BCUT2D eigenvalue weighted by molar-refractivity contribution is -0.265. The fraction of sp³-hybridized carbons (Fsp3) is 0.735. The molecule has 1 aliphatic carbocycles. The Hall–Kier alpha value is -3.37. The van der Waals surface area contributed by atoms with E-state index in [0.717, 1.165) is 10.5 Å². The van der Waals surface area contributed by atoms with Crippen molar-refractivity contribution in [3.63, 3.8) is 0 Å². The molecular formula is C49H75NO13. The first-order valence-electron chi connectivity index (χ1n) is 23.0. The van der Waals surface area contributed by atoms with E-state index >= 15 is 0 Å². The number of esters is 1. The topological polar surface area (TPSA) is 206 Å². The minimum Gasteiger partial charge on any atom is -0.460 e. The lowest BCUT2D eigenvalue weighted by atomic mass is 9.78. The molecule has 3 fully saturated rings. The maximum atomic E-state index is 14.2. The van der Waals surface area contributed by atoms with Crippen molar-refractivity contribution in [1.82, 2.24) is 4.90 Å². The van der Waals surface area contributed by atoms with E-state index in [2.05, 4.69) is 0 Å². The number of nitrogens with zero attached hydrogens (tertiary/aromatic N) is 1. The van der Waals surface area contributed by atoms with Crippen LogP contribution >= 0.6 is 0 Å². The molecule has 4 aliphatic rings. The molecule has 0 spiro atoms. The van der Waals surface area contributed by atoms with Crippen LogP contribution in [0.25, 0.3) is 0 Å². The zero-order valence-corrected chi connectivity index (χ0v) is 38.9. The van der Waals surface area contributed by atoms with Crippen LogP contribution in [0, 0.1) is 35.5 Å². The first-order chi connectivity index (χ1) is 29.7. The van der Waals surface area contributed by atoms with Crippen LogP contribution in [0.3, 0.4) is 0 Å². The predicted molar refractivity (Wildman–Crippen MR) is 236 cm³/mol. The molecule has 4 rings (SSSR count). The number of amides is 1. The van der Waals surface area contributed by atoms with Gasteiger partial charge in [0, 0.05) is 51.4 Å². The number of aliphatic hydroxyl groups is 4. The van der Waals surface area contributed by atoms with Gasteiger partial charge in [-0.3, -0.25) is 19.2 Å². The van der Waals surface area contributed by atoms with Crippen molar-refractivity contribution in [1.29, 1.82) is 0 Å². The van der Waals surface area contributed by atoms with Crippen LogP contribution in [0.5, 0.6) is 0 Å². The predicted octanol–water partition coefficient (Wildman–Crippen LogP) is 5.14. The first kappa shape index (κ1) is 52.3. The number of carbonyl (C=O) groups is 5. The molecule has 0 aromatic heterocycles. The van der Waals surface area contributed by atoms with Crippen molar-refractivity contribution >= 4 is 29.2 Å². The fourth-order valence-corrected chi connectivity index (χ4v) is 9.73. The van der Waals surface area contributed by atoms with E-state index in [-0.39, 0.29) is 54.6 Å². The Labute approximate surface area is 374 Å². The molecule has 0 radical (unpaired) electrons. The van der Waals surface area contributed by atoms with E-state index in [1.807, 2.05) is 51.2 Å². The molecule has 0 aromatic rings. The molecule has 3 heterocycles. The normalized spacial score (nSPS) is 41.1. The molecule has 15 atom stereocenters. The van der Waals surface area contributed by atoms with Gasteiger partial charge in [0.05, 0.1) is 24.4 Å². The van der Waals surface area contributed by atoms with E-state index in [1.165, 1.54) is 6.08 Å². The quantitative estimate of drug-likeness (QED) is 0.161. The van der Waals surface area contributed by atoms with Gasteiger partial charge in [-0.25, -0.2) is 4.79 Å². The molecule has 1 saturated carbocycles. The fourth-order valence-electron chi connectivity index (χ4n) is 9.73. The van der Waals surface area contributed by atoms with Crippen molar-refractivity contribution in [3.8, 4) is 0 Å². The third-order valence-corrected chi connectivity index (χ3v) is 14.0. The Bertz CT molecular complexity index is 1720. The molecule has 14 nitrogen and oxygen atoms in total. The van der Waals surface area contributed by atoms with Crippen LogP contribution in [0.2, 0.25) is 0 Å². The highest BCUT2D eigenvalue weighted by molar-refractivity contribution is 6.39. The van der Waals surface area contributed by atoms with E-state index in [9.17, 15) is 44.4 Å². The van der Waals surface area contributed by atoms with Gasteiger partial charge in [-0.1, -0.05) is 71.1 Å². The molecule has 1 amide bonds. The minimum atomic E-state index is -2.43. The van der Waals surface area contributed by atoms with Gasteiger partial charge >= 0.3 is 5.97 Å². The number of ether oxygens (including phenoxy) is 4. The van der Waals surface area contributed by atoms with E-state index < -0.39 is 89.6 Å². The number of fused-ring (bicyclic) bond motifs is 3. The number of cyclic esters (lactones) is 1. The summed E-state index contributed by atoms with van der Waals surface area (Å²) in [6.07, 6.45) is 9.14. The molecule has 3 aliphatic heterocycles. The van der Waals surface area contributed by atoms with E-state index in [1.54, 1.807) is 41.9 Å². The van der Waals surface area contributed by atoms with Gasteiger partial charge < -0.3 is 44.3 Å². The Morgan fingerprint density at radius 3 is 2.25 bits per heavy atom. The van der Waals surface area contributed by atoms with E-state index in [0.29, 0.717) is 57.8 Å². The van der Waals surface area contributed by atoms with Crippen LogP contribution in [-0.2, 0) is 42.9 Å². The second kappa shape index (κ2) is 23.7. The summed E-state index contributed by atoms with van der Waals surface area (Å²) < 4.78 is 23.6. The van der Waals surface area contributed by atoms with Crippen LogP contribution in [-0.4, -0.2) is 130 Å². The number of ketones is 3. The Morgan fingerprint density at radius 2 is 1.57 bits per heavy atom. The molecule has 63 heavy (non-hydrogen) atoms. The average molecular weight is 886 g/mol. The maximum absolute atomic E-state index is 14.2. The number of Topliss-reactive ketones (excluding diaryl/α,β-unsaturated/α-hetero) is 3. The highest BCUT2D eigenvalue weighted by Gasteiger charge is 2.53. The van der Waals surface area contributed by atoms with Crippen molar-refractivity contribution in [2.75, 3.05) is 20.8 Å². The molecular weight excluding hydrogens is 811 g/mol. The number of aliphatic hydroxyl groups excluding tert-OH is 3. The smallest absolute Gasteiger partial charge is 0.329 e. The first-order valence-corrected chi connectivity index (χ1v) is 23.0. The van der Waals surface area contributed by atoms with Crippen LogP contribution < -0.4 is 0 Å². The van der Waals surface area contributed by atoms with Gasteiger partial charge in [0.25, 0.3) is 11.7 Å². The van der Waals surface area contributed by atoms with E-state index in [4.69, 9.17) is 18.9 Å². The summed E-state index contributed by atoms with van der Waals surface area (Å²) in [6.45, 7) is 12.4. The van der Waals surface area contributed by atoms with Gasteiger partial charge in [0.1, 0.15) is 30.1 Å². The zero-order valence-electron chi connectivity index (χ0n) is 38.9. The van der Waals surface area contributed by atoms with Crippen molar-refractivity contribution in [2.45, 2.75) is 174 Å². The van der Waals surface area contributed by atoms with Gasteiger partial charge in [-0.05, 0) is 101 Å². The second-order valence-electron chi connectivity index (χ2n) is 19.0. The van der Waals surface area contributed by atoms with Crippen molar-refractivity contribution in [2.24, 2.45) is 35.5 Å². The summed E-state index contributed by atoms with van der Waals surface area (Å²) in [5.41, 5.74) is 1.11. The molecule has 15 unspecified atom stereocenters. The standard InChI is InChI=1S/C49H75NO13/c1-28-14-11-10-12-15-29(2)40(60-8)26-36-19-17-34(7)49(59,63-36)46(56)47(57)50-21-13-16-37(50)48(58)62-41(31(4)24-35-18-20-38(51)42(25-35)61-9)27-39(52)30(3)23-33(6)44(54)45(55)43(53)32(5)22-28/h10-12,14-15,23,28,30-32,34-38,40-42,44-45,51,54-55,59H,13,16-22,24-27H2,1-9H3/b12-10+,14-11+,29-15+,33-23+. The summed E-state index contributed by atoms with van der Waals surface area (Å²) in [5.74, 6) is -8.60. The molecule has 14 heteroatoms. The largest absolute Gasteiger partial charge is 0.460 e. The third-order valence-electron chi connectivity index (χ3n) is 14.0. The molecule has 2 bridgehead atoms. The van der Waals surface area contributed by atoms with Gasteiger partial charge in [-0.2, -0.15) is 0 Å². The van der Waals surface area contributed by atoms with Gasteiger partial charge in [0.15, 0.2) is 5.78 Å². The molecule has 4 N–H and O–H groups in total. The highest BCUT2D eigenvalue weighted by Crippen LogP contribution is 2.38. The molecule has 354 valence electrons. The Balaban J connectivity index is 1.67. The maximum Gasteiger partial charge on any atom is 0.329 e. The Kier molecular flexibility index (Phi) is 19.7. The minimum absolute atomic E-state index is 0.0360. The summed E-state index contributed by atoms with van der Waals surface area (Å²) >= 11 is 0. The second-order valence-corrected chi connectivity index (χ2v) is 19.0.